The highest BCUT2D eigenvalue weighted by Gasteiger charge is 2.32. The first kappa shape index (κ1) is 21.0. The molecule has 1 amide bonds. The zero-order valence-corrected chi connectivity index (χ0v) is 18.5. The molecule has 1 aliphatic heterocycles. The van der Waals surface area contributed by atoms with Gasteiger partial charge in [-0.25, -0.2) is 19.9 Å². The minimum Gasteiger partial charge on any atom is -0.494 e. The molecule has 3 aromatic rings. The highest BCUT2D eigenvalue weighted by molar-refractivity contribution is 5.87. The second kappa shape index (κ2) is 8.83. The van der Waals surface area contributed by atoms with Gasteiger partial charge in [0.1, 0.15) is 17.6 Å². The van der Waals surface area contributed by atoms with Gasteiger partial charge in [0, 0.05) is 23.3 Å². The molecule has 162 valence electrons. The Morgan fingerprint density at radius 3 is 2.65 bits per heavy atom. The van der Waals surface area contributed by atoms with E-state index in [0.717, 1.165) is 53.1 Å². The minimum atomic E-state index is -0.301. The summed E-state index contributed by atoms with van der Waals surface area (Å²) >= 11 is 0. The first-order valence-electron chi connectivity index (χ1n) is 10.7. The van der Waals surface area contributed by atoms with Crippen LogP contribution in [0.2, 0.25) is 0 Å². The van der Waals surface area contributed by atoms with Gasteiger partial charge in [0.25, 0.3) is 0 Å². The molecule has 4 rings (SSSR count). The molecule has 1 aromatic carbocycles. The maximum absolute atomic E-state index is 13.0. The second-order valence-corrected chi connectivity index (χ2v) is 7.86. The molecule has 1 saturated heterocycles. The van der Waals surface area contributed by atoms with Crippen LogP contribution in [0, 0.1) is 20.8 Å². The number of carbonyl (C=O) groups is 1. The van der Waals surface area contributed by atoms with Crippen molar-refractivity contribution in [3.8, 4) is 5.75 Å². The quantitative estimate of drug-likeness (QED) is 0.655. The van der Waals surface area contributed by atoms with E-state index in [1.807, 2.05) is 56.9 Å². The number of ether oxygens (including phenoxy) is 1. The summed E-state index contributed by atoms with van der Waals surface area (Å²) < 4.78 is 5.60. The van der Waals surface area contributed by atoms with Crippen LogP contribution in [0.3, 0.4) is 0 Å². The molecule has 0 bridgehead atoms. The lowest BCUT2D eigenvalue weighted by atomic mass is 10.2. The first-order chi connectivity index (χ1) is 14.9. The summed E-state index contributed by atoms with van der Waals surface area (Å²) in [5, 5.41) is 3.95. The molecular formula is C23H28N6O2. The van der Waals surface area contributed by atoms with Crippen molar-refractivity contribution < 1.29 is 9.53 Å². The van der Waals surface area contributed by atoms with E-state index < -0.39 is 0 Å². The second-order valence-electron chi connectivity index (χ2n) is 7.86. The van der Waals surface area contributed by atoms with E-state index in [2.05, 4.69) is 15.3 Å². The third-order valence-electron chi connectivity index (χ3n) is 5.42. The van der Waals surface area contributed by atoms with E-state index >= 15 is 0 Å². The summed E-state index contributed by atoms with van der Waals surface area (Å²) in [6.45, 7) is 9.45. The monoisotopic (exact) mass is 420 g/mol. The fourth-order valence-electron chi connectivity index (χ4n) is 4.07. The van der Waals surface area contributed by atoms with E-state index in [0.29, 0.717) is 24.9 Å². The predicted octanol–water partition coefficient (Wildman–Crippen LogP) is 3.03. The summed E-state index contributed by atoms with van der Waals surface area (Å²) in [4.78, 5) is 33.2. The summed E-state index contributed by atoms with van der Waals surface area (Å²) in [7, 11) is 0. The SMILES string of the molecule is CCOc1ccc2nc(N3CCCC3C(=O)NCc3nc(C)cc(C)n3)nc(C)c2c1. The maximum Gasteiger partial charge on any atom is 0.243 e. The van der Waals surface area contributed by atoms with Gasteiger partial charge in [0.15, 0.2) is 0 Å². The van der Waals surface area contributed by atoms with Crippen LogP contribution >= 0.6 is 0 Å². The first-order valence-corrected chi connectivity index (χ1v) is 10.7. The average molecular weight is 421 g/mol. The molecule has 1 atom stereocenters. The van der Waals surface area contributed by atoms with Gasteiger partial charge >= 0.3 is 0 Å². The van der Waals surface area contributed by atoms with Crippen LogP contribution in [0.4, 0.5) is 5.95 Å². The molecule has 0 saturated carbocycles. The lowest BCUT2D eigenvalue weighted by Gasteiger charge is -2.24. The lowest BCUT2D eigenvalue weighted by molar-refractivity contribution is -0.122. The largest absolute Gasteiger partial charge is 0.494 e. The Hall–Kier alpha value is -3.29. The number of rotatable bonds is 6. The standard InChI is InChI=1S/C23H28N6O2/c1-5-31-17-8-9-19-18(12-17)16(4)27-23(28-19)29-10-6-7-20(29)22(30)24-13-21-25-14(2)11-15(3)26-21/h8-9,11-12,20H,5-7,10,13H2,1-4H3,(H,24,30). The number of hydrogen-bond donors (Lipinski definition) is 1. The van der Waals surface area contributed by atoms with Gasteiger partial charge in [0.05, 0.1) is 24.4 Å². The van der Waals surface area contributed by atoms with Crippen molar-refractivity contribution in [3.05, 3.63) is 47.2 Å². The van der Waals surface area contributed by atoms with E-state index in [1.54, 1.807) is 0 Å². The van der Waals surface area contributed by atoms with Crippen LogP contribution in [0.15, 0.2) is 24.3 Å². The summed E-state index contributed by atoms with van der Waals surface area (Å²) in [6.07, 6.45) is 1.69. The molecule has 1 unspecified atom stereocenters. The van der Waals surface area contributed by atoms with Gasteiger partial charge in [-0.1, -0.05) is 0 Å². The van der Waals surface area contributed by atoms with Crippen LogP contribution in [-0.2, 0) is 11.3 Å². The predicted molar refractivity (Wildman–Crippen MR) is 119 cm³/mol. The zero-order valence-electron chi connectivity index (χ0n) is 18.5. The number of benzene rings is 1. The van der Waals surface area contributed by atoms with Gasteiger partial charge in [-0.05, 0) is 64.8 Å². The fourth-order valence-corrected chi connectivity index (χ4v) is 4.07. The van der Waals surface area contributed by atoms with Gasteiger partial charge in [-0.15, -0.1) is 0 Å². The summed E-state index contributed by atoms with van der Waals surface area (Å²) in [5.41, 5.74) is 3.51. The zero-order chi connectivity index (χ0) is 22.0. The van der Waals surface area contributed by atoms with Crippen molar-refractivity contribution in [1.82, 2.24) is 25.3 Å². The molecule has 31 heavy (non-hydrogen) atoms. The van der Waals surface area contributed by atoms with Crippen LogP contribution in [-0.4, -0.2) is 45.0 Å². The van der Waals surface area contributed by atoms with Crippen LogP contribution in [0.1, 0.15) is 42.7 Å². The number of amides is 1. The number of fused-ring (bicyclic) bond motifs is 1. The fraction of sp³-hybridized carbons (Fsp3) is 0.435. The Labute approximate surface area is 182 Å². The van der Waals surface area contributed by atoms with Crippen molar-refractivity contribution in [2.24, 2.45) is 0 Å². The molecular weight excluding hydrogens is 392 g/mol. The Kier molecular flexibility index (Phi) is 5.97. The van der Waals surface area contributed by atoms with Gasteiger partial charge in [-0.2, -0.15) is 0 Å². The van der Waals surface area contributed by atoms with Gasteiger partial charge in [0.2, 0.25) is 11.9 Å². The number of nitrogens with zero attached hydrogens (tertiary/aromatic N) is 5. The molecule has 2 aromatic heterocycles. The van der Waals surface area contributed by atoms with E-state index in [-0.39, 0.29) is 11.9 Å². The van der Waals surface area contributed by atoms with Crippen molar-refractivity contribution in [1.29, 1.82) is 0 Å². The number of carbonyl (C=O) groups excluding carboxylic acids is 1. The molecule has 3 heterocycles. The number of hydrogen-bond acceptors (Lipinski definition) is 7. The molecule has 1 N–H and O–H groups in total. The lowest BCUT2D eigenvalue weighted by Crippen LogP contribution is -2.44. The topological polar surface area (TPSA) is 93.1 Å². The van der Waals surface area contributed by atoms with Gasteiger partial charge in [-0.3, -0.25) is 4.79 Å². The number of aryl methyl sites for hydroxylation is 3. The highest BCUT2D eigenvalue weighted by Crippen LogP contribution is 2.27. The number of anilines is 1. The third kappa shape index (κ3) is 4.57. The van der Waals surface area contributed by atoms with Crippen LogP contribution in [0.5, 0.6) is 5.75 Å². The number of nitrogens with one attached hydrogen (secondary N) is 1. The Bertz CT molecular complexity index is 1100. The van der Waals surface area contributed by atoms with Crippen molar-refractivity contribution in [2.45, 2.75) is 53.1 Å². The summed E-state index contributed by atoms with van der Waals surface area (Å²) in [6, 6.07) is 7.45. The minimum absolute atomic E-state index is 0.0479. The highest BCUT2D eigenvalue weighted by atomic mass is 16.5. The maximum atomic E-state index is 13.0. The third-order valence-corrected chi connectivity index (χ3v) is 5.42. The molecule has 1 fully saturated rings. The average Bonchev–Trinajstić information content (AvgIpc) is 3.22. The van der Waals surface area contributed by atoms with E-state index in [1.165, 1.54) is 0 Å². The van der Waals surface area contributed by atoms with E-state index in [9.17, 15) is 4.79 Å². The van der Waals surface area contributed by atoms with Gasteiger partial charge < -0.3 is 15.0 Å². The van der Waals surface area contributed by atoms with Crippen molar-refractivity contribution in [3.63, 3.8) is 0 Å². The normalized spacial score (nSPS) is 16.0. The molecule has 8 nitrogen and oxygen atoms in total. The molecule has 1 aliphatic rings. The van der Waals surface area contributed by atoms with Crippen LogP contribution in [0.25, 0.3) is 10.9 Å². The van der Waals surface area contributed by atoms with Crippen LogP contribution < -0.4 is 15.0 Å². The molecule has 8 heteroatoms. The Balaban J connectivity index is 1.52. The number of aromatic nitrogens is 4. The molecule has 0 spiro atoms. The van der Waals surface area contributed by atoms with Crippen molar-refractivity contribution >= 4 is 22.8 Å². The van der Waals surface area contributed by atoms with Crippen molar-refractivity contribution in [2.75, 3.05) is 18.1 Å². The molecule has 0 radical (unpaired) electrons. The molecule has 0 aliphatic carbocycles. The summed E-state index contributed by atoms with van der Waals surface area (Å²) in [5.74, 6) is 1.97. The Morgan fingerprint density at radius 2 is 1.90 bits per heavy atom. The smallest absolute Gasteiger partial charge is 0.243 e. The Morgan fingerprint density at radius 1 is 1.13 bits per heavy atom. The van der Waals surface area contributed by atoms with E-state index in [4.69, 9.17) is 14.7 Å².